The molecule has 5 nitrogen and oxygen atoms in total. The van der Waals surface area contributed by atoms with E-state index in [1.165, 1.54) is 0 Å². The van der Waals surface area contributed by atoms with Crippen molar-refractivity contribution in [1.29, 1.82) is 5.41 Å². The van der Waals surface area contributed by atoms with Crippen molar-refractivity contribution in [3.8, 4) is 0 Å². The normalized spacial score (nSPS) is 13.9. The SMILES string of the molecule is CN=CC(C)=C(/C=C(\C)ON)NC=N. The van der Waals surface area contributed by atoms with Crippen molar-refractivity contribution in [3.63, 3.8) is 0 Å². The molecule has 0 aliphatic rings. The topological polar surface area (TPSA) is 83.5 Å². The third-order valence-electron chi connectivity index (χ3n) is 1.51. The van der Waals surface area contributed by atoms with Crippen molar-refractivity contribution in [2.45, 2.75) is 13.8 Å². The maximum atomic E-state index is 6.94. The molecule has 0 aromatic heterocycles. The van der Waals surface area contributed by atoms with Gasteiger partial charge in [-0.25, -0.2) is 0 Å². The number of nitrogens with zero attached hydrogens (tertiary/aromatic N) is 1. The summed E-state index contributed by atoms with van der Waals surface area (Å²) in [6, 6.07) is 0. The molecule has 0 saturated carbocycles. The molecule has 0 spiro atoms. The highest BCUT2D eigenvalue weighted by Gasteiger charge is 1.97. The summed E-state index contributed by atoms with van der Waals surface area (Å²) in [6.07, 6.45) is 4.47. The van der Waals surface area contributed by atoms with Crippen molar-refractivity contribution in [3.05, 3.63) is 23.1 Å². The molecular weight excluding hydrogens is 180 g/mol. The first-order chi connectivity index (χ1) is 6.65. The molecule has 0 atom stereocenters. The lowest BCUT2D eigenvalue weighted by molar-refractivity contribution is 0.222. The van der Waals surface area contributed by atoms with Crippen molar-refractivity contribution in [2.75, 3.05) is 7.05 Å². The molecule has 0 fully saturated rings. The molecule has 0 aromatic rings. The summed E-state index contributed by atoms with van der Waals surface area (Å²) in [6.45, 7) is 3.60. The van der Waals surface area contributed by atoms with Crippen LogP contribution < -0.4 is 11.2 Å². The zero-order chi connectivity index (χ0) is 11.0. The number of aliphatic imine (C=N–C) groups is 1. The first-order valence-electron chi connectivity index (χ1n) is 4.09. The van der Waals surface area contributed by atoms with Crippen LogP contribution in [0.5, 0.6) is 0 Å². The minimum atomic E-state index is 0.554. The van der Waals surface area contributed by atoms with E-state index in [0.717, 1.165) is 17.6 Å². The van der Waals surface area contributed by atoms with Crippen LogP contribution in [0.3, 0.4) is 0 Å². The Balaban J connectivity index is 4.92. The summed E-state index contributed by atoms with van der Waals surface area (Å²) in [5.74, 6) is 5.54. The maximum absolute atomic E-state index is 6.94. The number of nitrogens with two attached hydrogens (primary N) is 1. The fourth-order valence-corrected chi connectivity index (χ4v) is 0.848. The van der Waals surface area contributed by atoms with Crippen molar-refractivity contribution >= 4 is 12.6 Å². The van der Waals surface area contributed by atoms with Crippen LogP contribution in [0.4, 0.5) is 0 Å². The van der Waals surface area contributed by atoms with Gasteiger partial charge >= 0.3 is 0 Å². The molecule has 0 radical (unpaired) electrons. The second-order valence-electron chi connectivity index (χ2n) is 2.65. The maximum Gasteiger partial charge on any atom is 0.122 e. The molecule has 4 N–H and O–H groups in total. The molecule has 0 heterocycles. The fourth-order valence-electron chi connectivity index (χ4n) is 0.848. The Morgan fingerprint density at radius 2 is 2.14 bits per heavy atom. The Morgan fingerprint density at radius 3 is 2.57 bits per heavy atom. The second-order valence-corrected chi connectivity index (χ2v) is 2.65. The molecular formula is C9H16N4O. The third-order valence-corrected chi connectivity index (χ3v) is 1.51. The van der Waals surface area contributed by atoms with E-state index >= 15 is 0 Å². The van der Waals surface area contributed by atoms with Gasteiger partial charge in [0.25, 0.3) is 0 Å². The Morgan fingerprint density at radius 1 is 1.50 bits per heavy atom. The summed E-state index contributed by atoms with van der Waals surface area (Å²) in [7, 11) is 1.68. The lowest BCUT2D eigenvalue weighted by atomic mass is 10.2. The number of nitrogens with one attached hydrogen (secondary N) is 2. The molecule has 0 bridgehead atoms. The average molecular weight is 196 g/mol. The molecule has 5 heteroatoms. The Bertz CT molecular complexity index is 279. The van der Waals surface area contributed by atoms with E-state index in [4.69, 9.17) is 11.3 Å². The van der Waals surface area contributed by atoms with Gasteiger partial charge in [0.1, 0.15) is 5.76 Å². The molecule has 78 valence electrons. The van der Waals surface area contributed by atoms with Crippen molar-refractivity contribution < 1.29 is 4.84 Å². The van der Waals surface area contributed by atoms with Crippen LogP contribution in [-0.2, 0) is 4.84 Å². The average Bonchev–Trinajstić information content (AvgIpc) is 2.17. The number of allylic oxidation sites excluding steroid dienone is 3. The minimum Gasteiger partial charge on any atom is -0.416 e. The van der Waals surface area contributed by atoms with Gasteiger partial charge in [-0.2, -0.15) is 5.90 Å². The Labute approximate surface area is 83.8 Å². The summed E-state index contributed by atoms with van der Waals surface area (Å²) in [5.41, 5.74) is 1.63. The van der Waals surface area contributed by atoms with E-state index in [-0.39, 0.29) is 0 Å². The van der Waals surface area contributed by atoms with Gasteiger partial charge in [-0.15, -0.1) is 0 Å². The predicted octanol–water partition coefficient (Wildman–Crippen LogP) is 0.952. The largest absolute Gasteiger partial charge is 0.416 e. The number of hydrogen-bond donors (Lipinski definition) is 3. The van der Waals surface area contributed by atoms with Crippen LogP contribution in [-0.4, -0.2) is 19.6 Å². The van der Waals surface area contributed by atoms with Gasteiger partial charge in [0.15, 0.2) is 0 Å². The molecule has 0 rings (SSSR count). The van der Waals surface area contributed by atoms with Gasteiger partial charge in [0, 0.05) is 25.0 Å². The van der Waals surface area contributed by atoms with E-state index in [1.807, 2.05) is 6.92 Å². The summed E-state index contributed by atoms with van der Waals surface area (Å²) < 4.78 is 0. The van der Waals surface area contributed by atoms with Crippen LogP contribution in [0.25, 0.3) is 0 Å². The predicted molar refractivity (Wildman–Crippen MR) is 58.1 cm³/mol. The van der Waals surface area contributed by atoms with Gasteiger partial charge in [-0.05, 0) is 19.4 Å². The second kappa shape index (κ2) is 6.85. The molecule has 0 aliphatic carbocycles. The fraction of sp³-hybridized carbons (Fsp3) is 0.333. The van der Waals surface area contributed by atoms with Gasteiger partial charge in [-0.1, -0.05) is 0 Å². The van der Waals surface area contributed by atoms with Gasteiger partial charge in [-0.3, -0.25) is 10.4 Å². The molecule has 0 saturated heterocycles. The zero-order valence-electron chi connectivity index (χ0n) is 8.66. The van der Waals surface area contributed by atoms with Crippen molar-refractivity contribution in [1.82, 2.24) is 5.32 Å². The quantitative estimate of drug-likeness (QED) is 0.201. The Kier molecular flexibility index (Phi) is 6.06. The smallest absolute Gasteiger partial charge is 0.122 e. The highest BCUT2D eigenvalue weighted by atomic mass is 16.6. The monoisotopic (exact) mass is 196 g/mol. The van der Waals surface area contributed by atoms with Crippen molar-refractivity contribution in [2.24, 2.45) is 10.9 Å². The first-order valence-corrected chi connectivity index (χ1v) is 4.09. The third kappa shape index (κ3) is 4.42. The highest BCUT2D eigenvalue weighted by Crippen LogP contribution is 2.03. The molecule has 0 unspecified atom stereocenters. The molecule has 0 aromatic carbocycles. The lowest BCUT2D eigenvalue weighted by Crippen LogP contribution is -2.11. The van der Waals surface area contributed by atoms with E-state index in [0.29, 0.717) is 5.76 Å². The lowest BCUT2D eigenvalue weighted by Gasteiger charge is -2.05. The standard InChI is InChI=1S/C9H16N4O/c1-7(5-12-3)9(13-6-10)4-8(2)14-11/h4-6H,11H2,1-3H3,(H2,10,13)/b8-4+,9-7?,12-5?. The summed E-state index contributed by atoms with van der Waals surface area (Å²) >= 11 is 0. The highest BCUT2D eigenvalue weighted by molar-refractivity contribution is 5.80. The molecule has 0 aliphatic heterocycles. The van der Waals surface area contributed by atoms with Gasteiger partial charge < -0.3 is 10.2 Å². The minimum absolute atomic E-state index is 0.554. The molecule has 14 heavy (non-hydrogen) atoms. The van der Waals surface area contributed by atoms with Crippen LogP contribution >= 0.6 is 0 Å². The van der Waals surface area contributed by atoms with Gasteiger partial charge in [0.05, 0.1) is 6.34 Å². The number of rotatable bonds is 5. The van der Waals surface area contributed by atoms with E-state index in [9.17, 15) is 0 Å². The molecule has 0 amide bonds. The van der Waals surface area contributed by atoms with Gasteiger partial charge in [0.2, 0.25) is 0 Å². The zero-order valence-corrected chi connectivity index (χ0v) is 8.66. The van der Waals surface area contributed by atoms with E-state index < -0.39 is 0 Å². The van der Waals surface area contributed by atoms with E-state index in [1.54, 1.807) is 26.3 Å². The Hall–Kier alpha value is -1.62. The van der Waals surface area contributed by atoms with Crippen LogP contribution in [0.1, 0.15) is 13.8 Å². The van der Waals surface area contributed by atoms with Crippen LogP contribution in [0.2, 0.25) is 0 Å². The summed E-state index contributed by atoms with van der Waals surface area (Å²) in [5, 5.41) is 9.69. The van der Waals surface area contributed by atoms with E-state index in [2.05, 4.69) is 15.1 Å². The first kappa shape index (κ1) is 12.4. The van der Waals surface area contributed by atoms with Crippen LogP contribution in [0.15, 0.2) is 28.1 Å². The summed E-state index contributed by atoms with van der Waals surface area (Å²) in [4.78, 5) is 8.40. The van der Waals surface area contributed by atoms with Crippen LogP contribution in [0, 0.1) is 5.41 Å². The number of hydrogen-bond acceptors (Lipinski definition) is 4.